The van der Waals surface area contributed by atoms with E-state index in [0.29, 0.717) is 18.7 Å². The summed E-state index contributed by atoms with van der Waals surface area (Å²) in [6, 6.07) is 19.8. The molecule has 3 nitrogen and oxygen atoms in total. The molecule has 1 heterocycles. The van der Waals surface area contributed by atoms with Crippen molar-refractivity contribution in [2.45, 2.75) is 25.8 Å². The van der Waals surface area contributed by atoms with Crippen molar-refractivity contribution in [2.24, 2.45) is 0 Å². The number of halogens is 3. The molecule has 1 atom stereocenters. The summed E-state index contributed by atoms with van der Waals surface area (Å²) < 4.78 is 46.3. The van der Waals surface area contributed by atoms with Crippen LogP contribution < -0.4 is 4.90 Å². The van der Waals surface area contributed by atoms with Gasteiger partial charge >= 0.3 is 6.18 Å². The highest BCUT2D eigenvalue weighted by molar-refractivity contribution is 5.26. The number of methoxy groups -OCH3 is 1. The largest absolute Gasteiger partial charge is 0.416 e. The summed E-state index contributed by atoms with van der Waals surface area (Å²) in [7, 11) is 1.69. The van der Waals surface area contributed by atoms with E-state index in [9.17, 15) is 13.2 Å². The molecule has 0 aliphatic carbocycles. The lowest BCUT2D eigenvalue weighted by atomic mass is 10.1. The van der Waals surface area contributed by atoms with Gasteiger partial charge in [0.1, 0.15) is 19.6 Å². The van der Waals surface area contributed by atoms with Crippen molar-refractivity contribution in [1.29, 1.82) is 0 Å². The van der Waals surface area contributed by atoms with Gasteiger partial charge in [-0.15, -0.1) is 0 Å². The molecule has 1 aromatic heterocycles. The second kappa shape index (κ2) is 9.76. The van der Waals surface area contributed by atoms with Crippen LogP contribution in [0.4, 0.5) is 13.2 Å². The first kappa shape index (κ1) is 21.1. The molecule has 0 radical (unpaired) electrons. The third-order valence-corrected chi connectivity index (χ3v) is 4.92. The van der Waals surface area contributed by atoms with Crippen molar-refractivity contribution < 1.29 is 22.8 Å². The van der Waals surface area contributed by atoms with Crippen molar-refractivity contribution in [1.82, 2.24) is 4.57 Å². The van der Waals surface area contributed by atoms with Gasteiger partial charge in [-0.1, -0.05) is 42.5 Å². The number of nitrogens with one attached hydrogen (secondary N) is 1. The number of quaternary nitrogens is 1. The molecule has 0 fully saturated rings. The first-order valence-corrected chi connectivity index (χ1v) is 9.62. The number of benzene rings is 2. The Bertz CT molecular complexity index is 890. The Morgan fingerprint density at radius 2 is 1.66 bits per heavy atom. The van der Waals surface area contributed by atoms with Crippen LogP contribution in [0.15, 0.2) is 72.9 Å². The smallest absolute Gasteiger partial charge is 0.379 e. The first-order chi connectivity index (χ1) is 14.0. The number of aromatic nitrogens is 1. The fourth-order valence-electron chi connectivity index (χ4n) is 3.43. The van der Waals surface area contributed by atoms with Crippen molar-refractivity contribution in [3.8, 4) is 0 Å². The second-order valence-electron chi connectivity index (χ2n) is 7.16. The molecule has 0 aliphatic rings. The zero-order chi connectivity index (χ0) is 20.7. The Morgan fingerprint density at radius 1 is 0.897 bits per heavy atom. The number of hydrogen-bond donors (Lipinski definition) is 1. The van der Waals surface area contributed by atoms with Crippen molar-refractivity contribution in [3.63, 3.8) is 0 Å². The van der Waals surface area contributed by atoms with Gasteiger partial charge in [-0.3, -0.25) is 0 Å². The van der Waals surface area contributed by atoms with Gasteiger partial charge in [0.15, 0.2) is 0 Å². The fourth-order valence-corrected chi connectivity index (χ4v) is 3.43. The van der Waals surface area contributed by atoms with Crippen LogP contribution in [0.3, 0.4) is 0 Å². The molecule has 0 saturated heterocycles. The van der Waals surface area contributed by atoms with Gasteiger partial charge < -0.3 is 14.2 Å². The second-order valence-corrected chi connectivity index (χ2v) is 7.16. The molecule has 0 spiro atoms. The first-order valence-electron chi connectivity index (χ1n) is 9.62. The van der Waals surface area contributed by atoms with Gasteiger partial charge in [-0.2, -0.15) is 13.2 Å². The molecule has 154 valence electrons. The van der Waals surface area contributed by atoms with Gasteiger partial charge in [-0.05, 0) is 29.8 Å². The van der Waals surface area contributed by atoms with Crippen LogP contribution in [0.25, 0.3) is 0 Å². The average molecular weight is 403 g/mol. The highest BCUT2D eigenvalue weighted by Gasteiger charge is 2.30. The lowest BCUT2D eigenvalue weighted by Crippen LogP contribution is -3.10. The zero-order valence-corrected chi connectivity index (χ0v) is 16.5. The molecule has 29 heavy (non-hydrogen) atoms. The number of rotatable bonds is 9. The molecule has 6 heteroatoms. The molecule has 3 aromatic rings. The molecule has 0 saturated carbocycles. The van der Waals surface area contributed by atoms with Crippen LogP contribution in [0.5, 0.6) is 0 Å². The van der Waals surface area contributed by atoms with Gasteiger partial charge in [0.25, 0.3) is 0 Å². The average Bonchev–Trinajstić information content (AvgIpc) is 3.13. The molecule has 1 unspecified atom stereocenters. The number of nitrogens with zero attached hydrogens (tertiary/aromatic N) is 1. The normalized spacial score (nSPS) is 12.8. The van der Waals surface area contributed by atoms with Crippen LogP contribution in [-0.4, -0.2) is 24.8 Å². The quantitative estimate of drug-likeness (QED) is 0.576. The lowest BCUT2D eigenvalue weighted by molar-refractivity contribution is -0.928. The van der Waals surface area contributed by atoms with E-state index in [4.69, 9.17) is 4.74 Å². The van der Waals surface area contributed by atoms with Crippen molar-refractivity contribution in [2.75, 3.05) is 20.3 Å². The highest BCUT2D eigenvalue weighted by atomic mass is 19.4. The van der Waals surface area contributed by atoms with Gasteiger partial charge in [0, 0.05) is 25.4 Å². The van der Waals surface area contributed by atoms with Crippen LogP contribution in [-0.2, 0) is 30.5 Å². The maximum atomic E-state index is 13.0. The van der Waals surface area contributed by atoms with Crippen molar-refractivity contribution >= 4 is 0 Å². The minimum Gasteiger partial charge on any atom is -0.379 e. The summed E-state index contributed by atoms with van der Waals surface area (Å²) in [4.78, 5) is 1.34. The van der Waals surface area contributed by atoms with Crippen LogP contribution in [0, 0.1) is 0 Å². The van der Waals surface area contributed by atoms with Crippen LogP contribution >= 0.6 is 0 Å². The molecule has 0 bridgehead atoms. The Kier molecular flexibility index (Phi) is 7.12. The van der Waals surface area contributed by atoms with E-state index < -0.39 is 11.7 Å². The fraction of sp³-hybridized carbons (Fsp3) is 0.304. The van der Waals surface area contributed by atoms with E-state index in [2.05, 4.69) is 12.1 Å². The standard InChI is InChI=1S/C23H25F3N2O/c1-29-14-13-27(16-19-7-3-2-4-8-19)18-22-11-6-12-28(22)17-20-9-5-10-21(15-20)23(24,25)26/h2-12,15H,13-14,16-18H2,1H3/p+1. The zero-order valence-electron chi connectivity index (χ0n) is 16.5. The Balaban J connectivity index is 1.74. The molecule has 1 N–H and O–H groups in total. The topological polar surface area (TPSA) is 18.6 Å². The predicted octanol–water partition coefficient (Wildman–Crippen LogP) is 3.79. The van der Waals surface area contributed by atoms with Crippen LogP contribution in [0.2, 0.25) is 0 Å². The van der Waals surface area contributed by atoms with Gasteiger partial charge in [0.2, 0.25) is 0 Å². The van der Waals surface area contributed by atoms with E-state index in [1.807, 2.05) is 41.1 Å². The lowest BCUT2D eigenvalue weighted by Gasteiger charge is -2.20. The molecule has 0 amide bonds. The van der Waals surface area contributed by atoms with E-state index in [0.717, 1.165) is 31.4 Å². The van der Waals surface area contributed by atoms with Crippen molar-refractivity contribution in [3.05, 3.63) is 95.3 Å². The van der Waals surface area contributed by atoms with E-state index in [1.165, 1.54) is 22.6 Å². The molecule has 0 aliphatic heterocycles. The van der Waals surface area contributed by atoms with E-state index in [-0.39, 0.29) is 0 Å². The van der Waals surface area contributed by atoms with E-state index >= 15 is 0 Å². The Labute approximate surface area is 169 Å². The molecule has 3 rings (SSSR count). The minimum absolute atomic E-state index is 0.412. The van der Waals surface area contributed by atoms with Crippen LogP contribution in [0.1, 0.15) is 22.4 Å². The molecule has 2 aromatic carbocycles. The van der Waals surface area contributed by atoms with E-state index in [1.54, 1.807) is 13.2 Å². The maximum absolute atomic E-state index is 13.0. The summed E-state index contributed by atoms with van der Waals surface area (Å²) in [5.41, 5.74) is 2.36. The van der Waals surface area contributed by atoms with Gasteiger partial charge in [-0.25, -0.2) is 0 Å². The Morgan fingerprint density at radius 3 is 2.38 bits per heavy atom. The molecular weight excluding hydrogens is 377 g/mol. The number of hydrogen-bond acceptors (Lipinski definition) is 1. The number of alkyl halides is 3. The highest BCUT2D eigenvalue weighted by Crippen LogP contribution is 2.29. The predicted molar refractivity (Wildman–Crippen MR) is 107 cm³/mol. The summed E-state index contributed by atoms with van der Waals surface area (Å²) in [6.45, 7) is 3.54. The summed E-state index contributed by atoms with van der Waals surface area (Å²) in [5, 5.41) is 0. The maximum Gasteiger partial charge on any atom is 0.416 e. The molecular formula is C23H26F3N2O+. The summed E-state index contributed by atoms with van der Waals surface area (Å²) >= 11 is 0. The monoisotopic (exact) mass is 403 g/mol. The SMILES string of the molecule is COCC[NH+](Cc1ccccc1)Cc1cccn1Cc1cccc(C(F)(F)F)c1. The summed E-state index contributed by atoms with van der Waals surface area (Å²) in [5.74, 6) is 0. The summed E-state index contributed by atoms with van der Waals surface area (Å²) in [6.07, 6.45) is -2.40. The van der Waals surface area contributed by atoms with Gasteiger partial charge in [0.05, 0.1) is 17.9 Å². The third-order valence-electron chi connectivity index (χ3n) is 4.92. The number of ether oxygens (including phenoxy) is 1. The minimum atomic E-state index is -4.33. The Hall–Kier alpha value is -2.57. The third kappa shape index (κ3) is 6.21.